The molecule has 1 aromatic carbocycles. The van der Waals surface area contributed by atoms with Gasteiger partial charge >= 0.3 is 0 Å². The van der Waals surface area contributed by atoms with Crippen molar-refractivity contribution in [3.05, 3.63) is 58.0 Å². The number of alkyl halides is 1. The van der Waals surface area contributed by atoms with E-state index in [0.29, 0.717) is 22.8 Å². The summed E-state index contributed by atoms with van der Waals surface area (Å²) < 4.78 is 5.45. The first-order valence-corrected chi connectivity index (χ1v) is 7.74. The second kappa shape index (κ2) is 6.24. The average Bonchev–Trinajstić information content (AvgIpc) is 2.83. The van der Waals surface area contributed by atoms with Gasteiger partial charge in [0.1, 0.15) is 11.1 Å². The van der Waals surface area contributed by atoms with Gasteiger partial charge in [0, 0.05) is 0 Å². The molecule has 1 nitrogen and oxygen atoms in total. The van der Waals surface area contributed by atoms with Gasteiger partial charge in [0.15, 0.2) is 5.22 Å². The van der Waals surface area contributed by atoms with E-state index >= 15 is 0 Å². The monoisotopic (exact) mass is 310 g/mol. The zero-order chi connectivity index (χ0) is 14.9. The van der Waals surface area contributed by atoms with Crippen LogP contribution in [0.4, 0.5) is 0 Å². The maximum absolute atomic E-state index is 6.57. The average molecular weight is 311 g/mol. The Morgan fingerprint density at radius 3 is 2.10 bits per heavy atom. The van der Waals surface area contributed by atoms with E-state index in [1.54, 1.807) is 6.07 Å². The van der Waals surface area contributed by atoms with Crippen molar-refractivity contribution in [3.8, 4) is 0 Å². The Hall–Kier alpha value is -0.920. The predicted octanol–water partition coefficient (Wildman–Crippen LogP) is 6.51. The van der Waals surface area contributed by atoms with Crippen molar-refractivity contribution in [2.45, 2.75) is 44.9 Å². The summed E-state index contributed by atoms with van der Waals surface area (Å²) in [5, 5.41) is 0.0664. The van der Waals surface area contributed by atoms with Crippen LogP contribution in [0.1, 0.15) is 67.4 Å². The number of hydrogen-bond acceptors (Lipinski definition) is 1. The van der Waals surface area contributed by atoms with Gasteiger partial charge in [0.2, 0.25) is 0 Å². The number of benzene rings is 1. The van der Waals surface area contributed by atoms with E-state index in [1.807, 2.05) is 6.07 Å². The lowest BCUT2D eigenvalue weighted by Crippen LogP contribution is -2.02. The van der Waals surface area contributed by atoms with E-state index in [2.05, 4.69) is 45.9 Å². The summed E-state index contributed by atoms with van der Waals surface area (Å²) in [4.78, 5) is 0. The molecule has 2 aromatic rings. The number of furan rings is 1. The summed E-state index contributed by atoms with van der Waals surface area (Å²) in [6.07, 6.45) is 0. The van der Waals surface area contributed by atoms with Crippen LogP contribution in [0, 0.1) is 0 Å². The molecule has 0 bridgehead atoms. The van der Waals surface area contributed by atoms with Gasteiger partial charge in [-0.2, -0.15) is 0 Å². The van der Waals surface area contributed by atoms with Crippen molar-refractivity contribution in [2.24, 2.45) is 0 Å². The molecule has 1 aromatic heterocycles. The third-order valence-corrected chi connectivity index (χ3v) is 4.17. The largest absolute Gasteiger partial charge is 0.448 e. The van der Waals surface area contributed by atoms with Crippen LogP contribution in [0.15, 0.2) is 34.7 Å². The molecule has 20 heavy (non-hydrogen) atoms. The first kappa shape index (κ1) is 15.5. The predicted molar refractivity (Wildman–Crippen MR) is 86.0 cm³/mol. The van der Waals surface area contributed by atoms with E-state index < -0.39 is 0 Å². The fourth-order valence-electron chi connectivity index (χ4n) is 2.30. The topological polar surface area (TPSA) is 13.1 Å². The van der Waals surface area contributed by atoms with Crippen molar-refractivity contribution in [2.75, 3.05) is 0 Å². The molecule has 0 saturated carbocycles. The van der Waals surface area contributed by atoms with E-state index in [4.69, 9.17) is 27.6 Å². The molecule has 2 rings (SSSR count). The van der Waals surface area contributed by atoms with Crippen molar-refractivity contribution in [1.29, 1.82) is 0 Å². The summed E-state index contributed by atoms with van der Waals surface area (Å²) in [6, 6.07) is 10.1. The molecule has 1 heterocycles. The van der Waals surface area contributed by atoms with Crippen molar-refractivity contribution in [1.82, 2.24) is 0 Å². The highest BCUT2D eigenvalue weighted by atomic mass is 35.5. The lowest BCUT2D eigenvalue weighted by molar-refractivity contribution is 0.517. The maximum Gasteiger partial charge on any atom is 0.193 e. The van der Waals surface area contributed by atoms with Gasteiger partial charge in [-0.1, -0.05) is 45.9 Å². The van der Waals surface area contributed by atoms with Gasteiger partial charge in [0.05, 0.1) is 0 Å². The Kier molecular flexibility index (Phi) is 4.82. The molecule has 108 valence electrons. The zero-order valence-electron chi connectivity index (χ0n) is 12.3. The minimum atomic E-state index is -0.305. The highest BCUT2D eigenvalue weighted by Crippen LogP contribution is 2.37. The Morgan fingerprint density at radius 2 is 1.60 bits per heavy atom. The third-order valence-electron chi connectivity index (χ3n) is 3.52. The minimum absolute atomic E-state index is 0.305. The lowest BCUT2D eigenvalue weighted by atomic mass is 9.90. The Labute approximate surface area is 130 Å². The number of hydrogen-bond donors (Lipinski definition) is 0. The molecule has 0 radical (unpaired) electrons. The van der Waals surface area contributed by atoms with Gasteiger partial charge in [0.25, 0.3) is 0 Å². The van der Waals surface area contributed by atoms with Gasteiger partial charge in [-0.25, -0.2) is 0 Å². The molecule has 0 spiro atoms. The molecular weight excluding hydrogens is 291 g/mol. The Morgan fingerprint density at radius 1 is 0.900 bits per heavy atom. The van der Waals surface area contributed by atoms with E-state index in [1.165, 1.54) is 11.1 Å². The van der Waals surface area contributed by atoms with Crippen LogP contribution in [-0.2, 0) is 0 Å². The summed E-state index contributed by atoms with van der Waals surface area (Å²) in [5.41, 5.74) is 3.69. The zero-order valence-corrected chi connectivity index (χ0v) is 13.8. The van der Waals surface area contributed by atoms with Gasteiger partial charge in [-0.15, -0.1) is 11.6 Å². The summed E-state index contributed by atoms with van der Waals surface area (Å²) in [5.74, 6) is 1.61. The lowest BCUT2D eigenvalue weighted by Gasteiger charge is -2.18. The minimum Gasteiger partial charge on any atom is -0.448 e. The number of rotatable bonds is 4. The molecule has 0 fully saturated rings. The molecule has 0 amide bonds. The Balaban J connectivity index is 2.45. The van der Waals surface area contributed by atoms with Crippen LogP contribution >= 0.6 is 23.2 Å². The van der Waals surface area contributed by atoms with Crippen LogP contribution in [0.5, 0.6) is 0 Å². The summed E-state index contributed by atoms with van der Waals surface area (Å²) >= 11 is 12.4. The summed E-state index contributed by atoms with van der Waals surface area (Å²) in [6.45, 7) is 8.76. The molecule has 1 unspecified atom stereocenters. The maximum atomic E-state index is 6.57. The fraction of sp³-hybridized carbons (Fsp3) is 0.412. The quantitative estimate of drug-likeness (QED) is 0.587. The second-order valence-corrected chi connectivity index (χ2v) is 6.51. The van der Waals surface area contributed by atoms with Crippen molar-refractivity contribution < 1.29 is 4.42 Å². The van der Waals surface area contributed by atoms with Crippen LogP contribution < -0.4 is 0 Å². The molecule has 3 heteroatoms. The normalized spacial score (nSPS) is 13.2. The van der Waals surface area contributed by atoms with Crippen LogP contribution in [0.25, 0.3) is 0 Å². The van der Waals surface area contributed by atoms with Crippen LogP contribution in [0.2, 0.25) is 5.22 Å². The van der Waals surface area contributed by atoms with Gasteiger partial charge < -0.3 is 4.42 Å². The Bertz CT molecular complexity index is 584. The molecule has 0 aliphatic rings. The molecule has 0 saturated heterocycles. The smallest absolute Gasteiger partial charge is 0.193 e. The van der Waals surface area contributed by atoms with Crippen LogP contribution in [-0.4, -0.2) is 0 Å². The standard InChI is InChI=1S/C17H20Cl2O/c1-10(2)12-5-6-13(14(9-12)11(3)4)17(19)15-7-8-16(18)20-15/h5-11,17H,1-4H3. The van der Waals surface area contributed by atoms with E-state index in [-0.39, 0.29) is 5.38 Å². The first-order valence-electron chi connectivity index (χ1n) is 6.93. The van der Waals surface area contributed by atoms with Crippen LogP contribution in [0.3, 0.4) is 0 Å². The number of halogens is 2. The SMILES string of the molecule is CC(C)c1ccc(C(Cl)c2ccc(Cl)o2)c(C(C)C)c1. The highest BCUT2D eigenvalue weighted by Gasteiger charge is 2.20. The van der Waals surface area contributed by atoms with Gasteiger partial charge in [-0.05, 0) is 52.3 Å². The molecule has 1 atom stereocenters. The molecular formula is C17H20Cl2O. The third kappa shape index (κ3) is 3.21. The first-order chi connectivity index (χ1) is 9.40. The van der Waals surface area contributed by atoms with Crippen molar-refractivity contribution >= 4 is 23.2 Å². The summed E-state index contributed by atoms with van der Waals surface area (Å²) in [7, 11) is 0. The van der Waals surface area contributed by atoms with Crippen molar-refractivity contribution in [3.63, 3.8) is 0 Å². The second-order valence-electron chi connectivity index (χ2n) is 5.70. The fourth-order valence-corrected chi connectivity index (χ4v) is 2.77. The van der Waals surface area contributed by atoms with E-state index in [0.717, 1.165) is 5.56 Å². The molecule has 0 aliphatic heterocycles. The van der Waals surface area contributed by atoms with E-state index in [9.17, 15) is 0 Å². The highest BCUT2D eigenvalue weighted by molar-refractivity contribution is 6.29. The molecule has 0 aliphatic carbocycles. The molecule has 0 N–H and O–H groups in total. The van der Waals surface area contributed by atoms with Gasteiger partial charge in [-0.3, -0.25) is 0 Å².